The summed E-state index contributed by atoms with van der Waals surface area (Å²) in [5, 5.41) is 0.523. The first kappa shape index (κ1) is 11.9. The van der Waals surface area contributed by atoms with Crippen LogP contribution >= 0.6 is 11.6 Å². The average molecular weight is 256 g/mol. The van der Waals surface area contributed by atoms with Gasteiger partial charge in [0.1, 0.15) is 5.82 Å². The molecule has 0 atom stereocenters. The molecule has 0 aliphatic carbocycles. The number of rotatable bonds is 2. The Bertz CT molecular complexity index is 592. The number of aromatic nitrogens is 1. The van der Waals surface area contributed by atoms with Crippen LogP contribution in [0.15, 0.2) is 18.2 Å². The number of alkyl halides is 1. The van der Waals surface area contributed by atoms with Crippen molar-refractivity contribution in [2.75, 3.05) is 7.11 Å². The van der Waals surface area contributed by atoms with Crippen molar-refractivity contribution in [2.24, 2.45) is 7.05 Å². The van der Waals surface area contributed by atoms with E-state index >= 15 is 0 Å². The molecule has 90 valence electrons. The van der Waals surface area contributed by atoms with E-state index in [0.717, 1.165) is 5.52 Å². The van der Waals surface area contributed by atoms with E-state index < -0.39 is 11.8 Å². The number of halogens is 2. The van der Waals surface area contributed by atoms with Crippen LogP contribution in [-0.2, 0) is 17.7 Å². The van der Waals surface area contributed by atoms with Gasteiger partial charge in [0.05, 0.1) is 18.6 Å². The molecule has 1 aromatic carbocycles. The largest absolute Gasteiger partial charge is 0.465 e. The van der Waals surface area contributed by atoms with Crippen LogP contribution in [0.2, 0.25) is 0 Å². The molecule has 0 fully saturated rings. The smallest absolute Gasteiger partial charge is 0.340 e. The Morgan fingerprint density at radius 3 is 2.82 bits per heavy atom. The lowest BCUT2D eigenvalue weighted by Crippen LogP contribution is -2.05. The van der Waals surface area contributed by atoms with Gasteiger partial charge >= 0.3 is 5.97 Å². The maximum Gasteiger partial charge on any atom is 0.340 e. The molecule has 0 N–H and O–H groups in total. The van der Waals surface area contributed by atoms with Crippen molar-refractivity contribution < 1.29 is 13.9 Å². The third kappa shape index (κ3) is 1.78. The van der Waals surface area contributed by atoms with Gasteiger partial charge in [0.2, 0.25) is 0 Å². The quantitative estimate of drug-likeness (QED) is 0.610. The minimum absolute atomic E-state index is 0.164. The molecule has 1 heterocycles. The van der Waals surface area contributed by atoms with Crippen molar-refractivity contribution in [1.29, 1.82) is 0 Å². The molecule has 0 unspecified atom stereocenters. The zero-order valence-electron chi connectivity index (χ0n) is 9.46. The molecule has 0 saturated heterocycles. The lowest BCUT2D eigenvalue weighted by Gasteiger charge is -2.02. The number of carbonyl (C=O) groups excluding carboxylic acids is 1. The van der Waals surface area contributed by atoms with Crippen molar-refractivity contribution in [3.05, 3.63) is 35.3 Å². The fraction of sp³-hybridized carbons (Fsp3) is 0.250. The Morgan fingerprint density at radius 2 is 2.24 bits per heavy atom. The first-order valence-corrected chi connectivity index (χ1v) is 5.54. The van der Waals surface area contributed by atoms with Gasteiger partial charge in [-0.2, -0.15) is 0 Å². The van der Waals surface area contributed by atoms with Crippen LogP contribution in [0.1, 0.15) is 16.1 Å². The summed E-state index contributed by atoms with van der Waals surface area (Å²) in [6.45, 7) is 0. The van der Waals surface area contributed by atoms with E-state index in [1.54, 1.807) is 17.7 Å². The number of hydrogen-bond donors (Lipinski definition) is 0. The highest BCUT2D eigenvalue weighted by atomic mass is 35.5. The number of carbonyl (C=O) groups is 1. The van der Waals surface area contributed by atoms with Gasteiger partial charge in [0.25, 0.3) is 0 Å². The topological polar surface area (TPSA) is 31.2 Å². The maximum atomic E-state index is 13.2. The molecule has 1 aromatic heterocycles. The Morgan fingerprint density at radius 1 is 1.53 bits per heavy atom. The van der Waals surface area contributed by atoms with Crippen molar-refractivity contribution in [3.63, 3.8) is 0 Å². The Labute approximate surface area is 103 Å². The van der Waals surface area contributed by atoms with Crippen LogP contribution in [0.5, 0.6) is 0 Å². The molecule has 0 bridgehead atoms. The van der Waals surface area contributed by atoms with Gasteiger partial charge in [-0.25, -0.2) is 9.18 Å². The highest BCUT2D eigenvalue weighted by Crippen LogP contribution is 2.27. The molecule has 17 heavy (non-hydrogen) atoms. The summed E-state index contributed by atoms with van der Waals surface area (Å²) in [6, 6.07) is 4.28. The third-order valence-electron chi connectivity index (χ3n) is 2.80. The SMILES string of the molecule is COC(=O)c1c(CCl)n(C)c2ccc(F)cc12. The van der Waals surface area contributed by atoms with Crippen molar-refractivity contribution in [3.8, 4) is 0 Å². The van der Waals surface area contributed by atoms with Gasteiger partial charge in [-0.05, 0) is 18.2 Å². The second-order valence-electron chi connectivity index (χ2n) is 3.67. The molecule has 0 aliphatic heterocycles. The van der Waals surface area contributed by atoms with Crippen LogP contribution < -0.4 is 0 Å². The summed E-state index contributed by atoms with van der Waals surface area (Å²) in [5.74, 6) is -0.733. The molecule has 0 amide bonds. The van der Waals surface area contributed by atoms with E-state index in [2.05, 4.69) is 0 Å². The van der Waals surface area contributed by atoms with Crippen LogP contribution in [0.3, 0.4) is 0 Å². The highest BCUT2D eigenvalue weighted by Gasteiger charge is 2.21. The summed E-state index contributed by atoms with van der Waals surface area (Å²) < 4.78 is 19.7. The molecule has 0 aliphatic rings. The van der Waals surface area contributed by atoms with Gasteiger partial charge in [0.15, 0.2) is 0 Å². The number of hydrogen-bond acceptors (Lipinski definition) is 2. The lowest BCUT2D eigenvalue weighted by molar-refractivity contribution is 0.0602. The molecule has 0 saturated carbocycles. The summed E-state index contributed by atoms with van der Waals surface area (Å²) in [4.78, 5) is 11.7. The molecule has 2 rings (SSSR count). The second kappa shape index (κ2) is 4.37. The van der Waals surface area contributed by atoms with Crippen molar-refractivity contribution in [2.45, 2.75) is 5.88 Å². The molecule has 0 spiro atoms. The number of ether oxygens (including phenoxy) is 1. The zero-order valence-corrected chi connectivity index (χ0v) is 10.2. The van der Waals surface area contributed by atoms with Crippen LogP contribution in [0.4, 0.5) is 4.39 Å². The summed E-state index contributed by atoms with van der Waals surface area (Å²) in [7, 11) is 3.07. The van der Waals surface area contributed by atoms with Crippen LogP contribution in [0.25, 0.3) is 10.9 Å². The Kier molecular flexibility index (Phi) is 3.07. The fourth-order valence-electron chi connectivity index (χ4n) is 1.96. The first-order chi connectivity index (χ1) is 8.10. The van der Waals surface area contributed by atoms with E-state index in [1.165, 1.54) is 19.2 Å². The zero-order chi connectivity index (χ0) is 12.6. The van der Waals surface area contributed by atoms with E-state index in [9.17, 15) is 9.18 Å². The monoisotopic (exact) mass is 255 g/mol. The van der Waals surface area contributed by atoms with Gasteiger partial charge in [-0.15, -0.1) is 11.6 Å². The molecular formula is C12H11ClFNO2. The van der Waals surface area contributed by atoms with Gasteiger partial charge in [0, 0.05) is 23.6 Å². The number of benzene rings is 1. The van der Waals surface area contributed by atoms with Gasteiger partial charge in [-0.1, -0.05) is 0 Å². The molecule has 5 heteroatoms. The van der Waals surface area contributed by atoms with Crippen LogP contribution in [-0.4, -0.2) is 17.6 Å². The molecule has 3 nitrogen and oxygen atoms in total. The first-order valence-electron chi connectivity index (χ1n) is 5.01. The second-order valence-corrected chi connectivity index (χ2v) is 3.93. The number of nitrogens with zero attached hydrogens (tertiary/aromatic N) is 1. The minimum atomic E-state index is -0.503. The van der Waals surface area contributed by atoms with E-state index in [4.69, 9.17) is 16.3 Å². The summed E-state index contributed by atoms with van der Waals surface area (Å²) in [5.41, 5.74) is 1.71. The molecular weight excluding hydrogens is 245 g/mol. The van der Waals surface area contributed by atoms with Crippen molar-refractivity contribution in [1.82, 2.24) is 4.57 Å². The normalized spacial score (nSPS) is 10.8. The minimum Gasteiger partial charge on any atom is -0.465 e. The standard InChI is InChI=1S/C12H11ClFNO2/c1-15-9-4-3-7(14)5-8(9)11(10(15)6-13)12(16)17-2/h3-5H,6H2,1-2H3. The molecule has 0 radical (unpaired) electrons. The Balaban J connectivity index is 2.86. The Hall–Kier alpha value is -1.55. The summed E-state index contributed by atoms with van der Waals surface area (Å²) >= 11 is 5.83. The van der Waals surface area contributed by atoms with Gasteiger partial charge in [-0.3, -0.25) is 0 Å². The highest BCUT2D eigenvalue weighted by molar-refractivity contribution is 6.18. The van der Waals surface area contributed by atoms with E-state index in [-0.39, 0.29) is 5.88 Å². The molecule has 2 aromatic rings. The van der Waals surface area contributed by atoms with E-state index in [0.29, 0.717) is 16.6 Å². The third-order valence-corrected chi connectivity index (χ3v) is 3.05. The van der Waals surface area contributed by atoms with Crippen LogP contribution in [0, 0.1) is 5.82 Å². The average Bonchev–Trinajstić information content (AvgIpc) is 2.60. The number of methoxy groups -OCH3 is 1. The predicted molar refractivity (Wildman–Crippen MR) is 63.8 cm³/mol. The fourth-order valence-corrected chi connectivity index (χ4v) is 2.27. The predicted octanol–water partition coefficient (Wildman–Crippen LogP) is 2.84. The van der Waals surface area contributed by atoms with Crippen molar-refractivity contribution >= 4 is 28.5 Å². The number of fused-ring (bicyclic) bond motifs is 1. The summed E-state index contributed by atoms with van der Waals surface area (Å²) in [6.07, 6.45) is 0. The maximum absolute atomic E-state index is 13.2. The number of esters is 1. The van der Waals surface area contributed by atoms with E-state index in [1.807, 2.05) is 0 Å². The lowest BCUT2D eigenvalue weighted by atomic mass is 10.1. The number of aryl methyl sites for hydroxylation is 1. The van der Waals surface area contributed by atoms with Gasteiger partial charge < -0.3 is 9.30 Å².